The summed E-state index contributed by atoms with van der Waals surface area (Å²) >= 11 is 4.55. The lowest BCUT2D eigenvalue weighted by atomic mass is 10.2. The van der Waals surface area contributed by atoms with Crippen LogP contribution < -0.4 is 10.9 Å². The van der Waals surface area contributed by atoms with E-state index in [1.807, 2.05) is 39.0 Å². The van der Waals surface area contributed by atoms with Crippen LogP contribution in [0.1, 0.15) is 21.8 Å². The van der Waals surface area contributed by atoms with Gasteiger partial charge in [-0.05, 0) is 44.0 Å². The van der Waals surface area contributed by atoms with Crippen molar-refractivity contribution in [3.63, 3.8) is 0 Å². The Balaban J connectivity index is 1.47. The molecule has 9 heteroatoms. The summed E-state index contributed by atoms with van der Waals surface area (Å²) in [5.74, 6) is 1.20. The van der Waals surface area contributed by atoms with Gasteiger partial charge in [-0.15, -0.1) is 21.5 Å². The highest BCUT2D eigenvalue weighted by Crippen LogP contribution is 2.30. The van der Waals surface area contributed by atoms with Gasteiger partial charge in [0.2, 0.25) is 5.13 Å². The molecule has 0 spiro atoms. The molecule has 27 heavy (non-hydrogen) atoms. The maximum Gasteiger partial charge on any atom is 0.259 e. The van der Waals surface area contributed by atoms with E-state index in [4.69, 9.17) is 0 Å². The van der Waals surface area contributed by atoms with Crippen LogP contribution in [-0.4, -0.2) is 20.2 Å². The molecule has 0 aliphatic carbocycles. The second-order valence-corrected chi connectivity index (χ2v) is 9.54. The predicted octanol–water partition coefficient (Wildman–Crippen LogP) is 4.80. The summed E-state index contributed by atoms with van der Waals surface area (Å²) in [5, 5.41) is 13.1. The lowest BCUT2D eigenvalue weighted by molar-refractivity contribution is 1.00. The number of hydrogen-bond donors (Lipinski definition) is 2. The summed E-state index contributed by atoms with van der Waals surface area (Å²) in [5.41, 5.74) is 3.11. The molecule has 0 radical (unpaired) electrons. The van der Waals surface area contributed by atoms with E-state index in [1.165, 1.54) is 28.7 Å². The van der Waals surface area contributed by atoms with Crippen LogP contribution in [0, 0.1) is 20.8 Å². The number of rotatable bonds is 5. The third-order valence-electron chi connectivity index (χ3n) is 4.10. The van der Waals surface area contributed by atoms with Crippen molar-refractivity contribution in [2.75, 3.05) is 5.32 Å². The quantitative estimate of drug-likeness (QED) is 0.456. The van der Waals surface area contributed by atoms with Crippen LogP contribution in [0.2, 0.25) is 0 Å². The van der Waals surface area contributed by atoms with Gasteiger partial charge in [-0.3, -0.25) is 4.79 Å². The second-order valence-electron chi connectivity index (χ2n) is 6.13. The number of anilines is 2. The van der Waals surface area contributed by atoms with Crippen molar-refractivity contribution in [2.45, 2.75) is 30.9 Å². The van der Waals surface area contributed by atoms with E-state index in [9.17, 15) is 4.79 Å². The van der Waals surface area contributed by atoms with Crippen molar-refractivity contribution in [1.29, 1.82) is 0 Å². The van der Waals surface area contributed by atoms with Crippen LogP contribution in [0.3, 0.4) is 0 Å². The van der Waals surface area contributed by atoms with Gasteiger partial charge in [0.1, 0.15) is 10.7 Å². The Hall–Kier alpha value is -2.23. The molecule has 6 nitrogen and oxygen atoms in total. The Labute approximate surface area is 168 Å². The monoisotopic (exact) mass is 415 g/mol. The fourth-order valence-electron chi connectivity index (χ4n) is 2.66. The zero-order chi connectivity index (χ0) is 19.0. The Kier molecular flexibility index (Phi) is 4.98. The van der Waals surface area contributed by atoms with Gasteiger partial charge in [-0.25, -0.2) is 4.98 Å². The maximum atomic E-state index is 12.3. The summed E-state index contributed by atoms with van der Waals surface area (Å²) < 4.78 is 0.825. The molecule has 0 saturated heterocycles. The van der Waals surface area contributed by atoms with Crippen molar-refractivity contribution in [3.05, 3.63) is 56.4 Å². The molecule has 4 aromatic rings. The highest BCUT2D eigenvalue weighted by Gasteiger charge is 2.13. The van der Waals surface area contributed by atoms with Crippen LogP contribution in [0.25, 0.3) is 10.2 Å². The fourth-order valence-corrected chi connectivity index (χ4v) is 5.35. The van der Waals surface area contributed by atoms with Crippen LogP contribution in [0.15, 0.2) is 33.4 Å². The maximum absolute atomic E-state index is 12.3. The average Bonchev–Trinajstić information content (AvgIpc) is 3.18. The standard InChI is InChI=1S/C18H17N5OS3/c1-9-5-4-6-12(7-9)19-17-22-23-18(27-17)25-8-13-20-15(24)14-10(2)11(3)26-16(14)21-13/h4-7H,8H2,1-3H3,(H,19,22)(H,20,21,24). The van der Waals surface area contributed by atoms with E-state index >= 15 is 0 Å². The van der Waals surface area contributed by atoms with Crippen molar-refractivity contribution in [1.82, 2.24) is 20.2 Å². The van der Waals surface area contributed by atoms with E-state index in [0.717, 1.165) is 30.4 Å². The number of hydrogen-bond acceptors (Lipinski definition) is 8. The van der Waals surface area contributed by atoms with E-state index in [2.05, 4.69) is 31.5 Å². The van der Waals surface area contributed by atoms with E-state index < -0.39 is 0 Å². The molecule has 0 bridgehead atoms. The molecule has 0 amide bonds. The largest absolute Gasteiger partial charge is 0.330 e. The van der Waals surface area contributed by atoms with Crippen LogP contribution >= 0.6 is 34.4 Å². The minimum atomic E-state index is -0.0727. The molecule has 3 heterocycles. The first-order chi connectivity index (χ1) is 13.0. The predicted molar refractivity (Wildman–Crippen MR) is 114 cm³/mol. The lowest BCUT2D eigenvalue weighted by Crippen LogP contribution is -2.10. The smallest absolute Gasteiger partial charge is 0.259 e. The number of nitrogens with zero attached hydrogens (tertiary/aromatic N) is 3. The highest BCUT2D eigenvalue weighted by molar-refractivity contribution is 8.00. The van der Waals surface area contributed by atoms with E-state index in [1.54, 1.807) is 11.3 Å². The van der Waals surface area contributed by atoms with Gasteiger partial charge in [0, 0.05) is 10.6 Å². The first kappa shape index (κ1) is 18.1. The van der Waals surface area contributed by atoms with Crippen molar-refractivity contribution < 1.29 is 0 Å². The fraction of sp³-hybridized carbons (Fsp3) is 0.222. The number of aromatic amines is 1. The number of aromatic nitrogens is 4. The molecule has 0 saturated carbocycles. The number of benzene rings is 1. The molecular weight excluding hydrogens is 398 g/mol. The normalized spacial score (nSPS) is 11.2. The minimum absolute atomic E-state index is 0.0727. The zero-order valence-electron chi connectivity index (χ0n) is 15.0. The van der Waals surface area contributed by atoms with Gasteiger partial charge >= 0.3 is 0 Å². The van der Waals surface area contributed by atoms with Crippen LogP contribution in [0.5, 0.6) is 0 Å². The number of fused-ring (bicyclic) bond motifs is 1. The Morgan fingerprint density at radius 2 is 2.04 bits per heavy atom. The Bertz CT molecular complexity index is 1180. The number of nitrogens with one attached hydrogen (secondary N) is 2. The number of H-pyrrole nitrogens is 1. The average molecular weight is 416 g/mol. The summed E-state index contributed by atoms with van der Waals surface area (Å²) in [6.45, 7) is 6.02. The summed E-state index contributed by atoms with van der Waals surface area (Å²) in [6, 6.07) is 8.10. The second kappa shape index (κ2) is 7.41. The molecule has 4 rings (SSSR count). The summed E-state index contributed by atoms with van der Waals surface area (Å²) in [4.78, 5) is 21.8. The molecule has 1 aromatic carbocycles. The molecule has 0 unspecified atom stereocenters. The number of aryl methyl sites for hydroxylation is 3. The topological polar surface area (TPSA) is 83.6 Å². The minimum Gasteiger partial charge on any atom is -0.330 e. The third-order valence-corrected chi connectivity index (χ3v) is 7.18. The SMILES string of the molecule is Cc1cccc(Nc2nnc(SCc3nc4sc(C)c(C)c4c(=O)[nH]3)s2)c1. The lowest BCUT2D eigenvalue weighted by Gasteiger charge is -2.02. The summed E-state index contributed by atoms with van der Waals surface area (Å²) in [6.07, 6.45) is 0. The molecule has 0 atom stereocenters. The van der Waals surface area contributed by atoms with Gasteiger partial charge in [-0.1, -0.05) is 35.2 Å². The Morgan fingerprint density at radius 3 is 2.85 bits per heavy atom. The first-order valence-electron chi connectivity index (χ1n) is 8.28. The first-order valence-corrected chi connectivity index (χ1v) is 10.9. The molecule has 3 aromatic heterocycles. The van der Waals surface area contributed by atoms with Crippen molar-refractivity contribution in [3.8, 4) is 0 Å². The van der Waals surface area contributed by atoms with Crippen molar-refractivity contribution >= 4 is 55.5 Å². The molecule has 0 fully saturated rings. The van der Waals surface area contributed by atoms with Gasteiger partial charge in [0.15, 0.2) is 4.34 Å². The molecule has 0 aliphatic heterocycles. The van der Waals surface area contributed by atoms with E-state index in [0.29, 0.717) is 17.0 Å². The van der Waals surface area contributed by atoms with Crippen molar-refractivity contribution in [2.24, 2.45) is 0 Å². The van der Waals surface area contributed by atoms with Gasteiger partial charge in [0.05, 0.1) is 11.1 Å². The Morgan fingerprint density at radius 1 is 1.19 bits per heavy atom. The summed E-state index contributed by atoms with van der Waals surface area (Å²) in [7, 11) is 0. The third kappa shape index (κ3) is 3.90. The number of thioether (sulfide) groups is 1. The van der Waals surface area contributed by atoms with Gasteiger partial charge in [-0.2, -0.15) is 0 Å². The van der Waals surface area contributed by atoms with E-state index in [-0.39, 0.29) is 5.56 Å². The molecular formula is C18H17N5OS3. The number of thiophene rings is 1. The van der Waals surface area contributed by atoms with Gasteiger partial charge < -0.3 is 10.3 Å². The molecule has 2 N–H and O–H groups in total. The zero-order valence-corrected chi connectivity index (χ0v) is 17.4. The molecule has 138 valence electrons. The highest BCUT2D eigenvalue weighted by atomic mass is 32.2. The van der Waals surface area contributed by atoms with Crippen LogP contribution in [0.4, 0.5) is 10.8 Å². The van der Waals surface area contributed by atoms with Gasteiger partial charge in [0.25, 0.3) is 5.56 Å². The van der Waals surface area contributed by atoms with Crippen LogP contribution in [-0.2, 0) is 5.75 Å². The molecule has 0 aliphatic rings.